The van der Waals surface area contributed by atoms with Gasteiger partial charge in [0.15, 0.2) is 0 Å². The van der Waals surface area contributed by atoms with E-state index in [0.29, 0.717) is 0 Å². The Hall–Kier alpha value is -0.930. The Labute approximate surface area is 104 Å². The zero-order valence-corrected chi connectivity index (χ0v) is 10.3. The average Bonchev–Trinajstić information content (AvgIpc) is 2.89. The van der Waals surface area contributed by atoms with E-state index in [1.807, 2.05) is 24.3 Å². The molecule has 16 heavy (non-hydrogen) atoms. The van der Waals surface area contributed by atoms with Crippen molar-refractivity contribution in [3.05, 3.63) is 29.8 Å². The summed E-state index contributed by atoms with van der Waals surface area (Å²) >= 11 is 11.9. The number of hydrogen-bond acceptors (Lipinski definition) is 1. The van der Waals surface area contributed by atoms with Gasteiger partial charge in [-0.25, -0.2) is 4.79 Å². The molecule has 0 aromatic heterocycles. The second-order valence-corrected chi connectivity index (χ2v) is 5.39. The molecule has 2 N–H and O–H groups in total. The topological polar surface area (TPSA) is 41.1 Å². The zero-order chi connectivity index (χ0) is 11.8. The summed E-state index contributed by atoms with van der Waals surface area (Å²) < 4.78 is -0.601. The van der Waals surface area contributed by atoms with Crippen molar-refractivity contribution in [3.63, 3.8) is 0 Å². The Morgan fingerprint density at radius 1 is 1.38 bits per heavy atom. The van der Waals surface area contributed by atoms with Gasteiger partial charge in [-0.3, -0.25) is 0 Å². The summed E-state index contributed by atoms with van der Waals surface area (Å²) in [7, 11) is 1.57. The van der Waals surface area contributed by atoms with Crippen LogP contribution in [0.25, 0.3) is 0 Å². The van der Waals surface area contributed by atoms with E-state index in [1.54, 1.807) is 7.05 Å². The number of urea groups is 1. The maximum absolute atomic E-state index is 11.1. The number of carbonyl (C=O) groups excluding carboxylic acids is 1. The van der Waals surface area contributed by atoms with Gasteiger partial charge in [-0.15, -0.1) is 23.2 Å². The summed E-state index contributed by atoms with van der Waals surface area (Å²) in [5.74, 6) is 0.213. The normalized spacial score (nSPS) is 21.3. The summed E-state index contributed by atoms with van der Waals surface area (Å²) in [6, 6.07) is 7.31. The lowest BCUT2D eigenvalue weighted by Gasteiger charge is -2.05. The predicted molar refractivity (Wildman–Crippen MR) is 66.3 cm³/mol. The lowest BCUT2D eigenvalue weighted by atomic mass is 10.1. The smallest absolute Gasteiger partial charge is 0.318 e. The highest BCUT2D eigenvalue weighted by Gasteiger charge is 2.52. The van der Waals surface area contributed by atoms with Crippen LogP contribution in [0.4, 0.5) is 10.5 Å². The molecule has 1 unspecified atom stereocenters. The van der Waals surface area contributed by atoms with Crippen molar-refractivity contribution in [3.8, 4) is 0 Å². The van der Waals surface area contributed by atoms with Crippen LogP contribution in [0.15, 0.2) is 24.3 Å². The zero-order valence-electron chi connectivity index (χ0n) is 8.76. The molecule has 0 aliphatic heterocycles. The van der Waals surface area contributed by atoms with E-state index < -0.39 is 4.33 Å². The third-order valence-electron chi connectivity index (χ3n) is 2.62. The quantitative estimate of drug-likeness (QED) is 0.787. The third kappa shape index (κ3) is 2.42. The van der Waals surface area contributed by atoms with Gasteiger partial charge in [0.2, 0.25) is 0 Å². The summed E-state index contributed by atoms with van der Waals surface area (Å²) in [6.07, 6.45) is 0.790. The van der Waals surface area contributed by atoms with Crippen molar-refractivity contribution in [1.29, 1.82) is 0 Å². The van der Waals surface area contributed by atoms with Gasteiger partial charge in [0.05, 0.1) is 0 Å². The molecular formula is C11H12Cl2N2O. The lowest BCUT2D eigenvalue weighted by molar-refractivity contribution is 0.254. The van der Waals surface area contributed by atoms with Gasteiger partial charge in [0, 0.05) is 18.7 Å². The van der Waals surface area contributed by atoms with Crippen molar-refractivity contribution in [2.24, 2.45) is 0 Å². The van der Waals surface area contributed by atoms with Gasteiger partial charge in [-0.1, -0.05) is 12.1 Å². The summed E-state index contributed by atoms with van der Waals surface area (Å²) in [5.41, 5.74) is 1.85. The molecule has 0 bridgehead atoms. The average molecular weight is 259 g/mol. The van der Waals surface area contributed by atoms with Crippen molar-refractivity contribution in [1.82, 2.24) is 5.32 Å². The Kier molecular flexibility index (Phi) is 3.00. The number of benzene rings is 1. The Morgan fingerprint density at radius 3 is 2.38 bits per heavy atom. The third-order valence-corrected chi connectivity index (χ3v) is 3.46. The van der Waals surface area contributed by atoms with Crippen molar-refractivity contribution >= 4 is 34.9 Å². The molecule has 1 aliphatic carbocycles. The largest absolute Gasteiger partial charge is 0.341 e. The summed E-state index contributed by atoms with van der Waals surface area (Å²) in [5, 5.41) is 5.17. The van der Waals surface area contributed by atoms with E-state index in [0.717, 1.165) is 17.7 Å². The minimum Gasteiger partial charge on any atom is -0.341 e. The van der Waals surface area contributed by atoms with E-state index in [1.165, 1.54) is 0 Å². The molecule has 2 amide bonds. The van der Waals surface area contributed by atoms with Gasteiger partial charge >= 0.3 is 6.03 Å². The first-order valence-corrected chi connectivity index (χ1v) is 5.75. The molecule has 1 aromatic carbocycles. The van der Waals surface area contributed by atoms with Crippen molar-refractivity contribution in [2.45, 2.75) is 16.7 Å². The number of rotatable bonds is 2. The molecule has 1 saturated carbocycles. The van der Waals surface area contributed by atoms with E-state index in [9.17, 15) is 4.79 Å². The van der Waals surface area contributed by atoms with Crippen LogP contribution in [0.5, 0.6) is 0 Å². The van der Waals surface area contributed by atoms with Gasteiger partial charge in [-0.05, 0) is 24.1 Å². The minimum atomic E-state index is -0.601. The van der Waals surface area contributed by atoms with Gasteiger partial charge in [0.25, 0.3) is 0 Å². The summed E-state index contributed by atoms with van der Waals surface area (Å²) in [6.45, 7) is 0. The first-order chi connectivity index (χ1) is 7.53. The van der Waals surface area contributed by atoms with Crippen LogP contribution in [0.2, 0.25) is 0 Å². The number of carbonyl (C=O) groups is 1. The molecule has 1 atom stereocenters. The summed E-state index contributed by atoms with van der Waals surface area (Å²) in [4.78, 5) is 11.1. The molecule has 2 rings (SSSR count). The highest BCUT2D eigenvalue weighted by atomic mass is 35.5. The van der Waals surface area contributed by atoms with Crippen LogP contribution in [-0.2, 0) is 0 Å². The molecule has 0 radical (unpaired) electrons. The molecule has 0 heterocycles. The van der Waals surface area contributed by atoms with E-state index in [4.69, 9.17) is 23.2 Å². The van der Waals surface area contributed by atoms with Crippen LogP contribution in [0.3, 0.4) is 0 Å². The highest BCUT2D eigenvalue weighted by molar-refractivity contribution is 6.51. The molecule has 5 heteroatoms. The SMILES string of the molecule is CNC(=O)Nc1ccc(C2CC2(Cl)Cl)cc1. The van der Waals surface area contributed by atoms with Crippen LogP contribution < -0.4 is 10.6 Å². The second-order valence-electron chi connectivity index (χ2n) is 3.84. The van der Waals surface area contributed by atoms with Gasteiger partial charge in [-0.2, -0.15) is 0 Å². The van der Waals surface area contributed by atoms with Crippen LogP contribution in [0, 0.1) is 0 Å². The number of nitrogens with one attached hydrogen (secondary N) is 2. The Morgan fingerprint density at radius 2 is 1.94 bits per heavy atom. The van der Waals surface area contributed by atoms with Crippen LogP contribution in [0.1, 0.15) is 17.9 Å². The molecule has 0 spiro atoms. The lowest BCUT2D eigenvalue weighted by Crippen LogP contribution is -2.24. The van der Waals surface area contributed by atoms with Gasteiger partial charge < -0.3 is 10.6 Å². The maximum atomic E-state index is 11.1. The predicted octanol–water partition coefficient (Wildman–Crippen LogP) is 3.10. The standard InChI is InChI=1S/C11H12Cl2N2O/c1-14-10(16)15-8-4-2-7(3-5-8)9-6-11(9,12)13/h2-5,9H,6H2,1H3,(H2,14,15,16). The molecular weight excluding hydrogens is 247 g/mol. The van der Waals surface area contributed by atoms with E-state index in [2.05, 4.69) is 10.6 Å². The molecule has 3 nitrogen and oxygen atoms in total. The maximum Gasteiger partial charge on any atom is 0.318 e. The second kappa shape index (κ2) is 4.15. The number of hydrogen-bond donors (Lipinski definition) is 2. The number of halogens is 2. The molecule has 0 saturated heterocycles. The first-order valence-electron chi connectivity index (χ1n) is 4.99. The van der Waals surface area contributed by atoms with Crippen molar-refractivity contribution < 1.29 is 4.79 Å². The number of anilines is 1. The first kappa shape index (κ1) is 11.6. The van der Waals surface area contributed by atoms with Crippen LogP contribution >= 0.6 is 23.2 Å². The molecule has 1 aliphatic rings. The molecule has 1 aromatic rings. The molecule has 1 fully saturated rings. The van der Waals surface area contributed by atoms with Crippen LogP contribution in [-0.4, -0.2) is 17.4 Å². The number of amides is 2. The van der Waals surface area contributed by atoms with E-state index in [-0.39, 0.29) is 11.9 Å². The fraction of sp³-hybridized carbons (Fsp3) is 0.364. The minimum absolute atomic E-state index is 0.213. The number of alkyl halides is 2. The Balaban J connectivity index is 2.03. The highest BCUT2D eigenvalue weighted by Crippen LogP contribution is 2.59. The van der Waals surface area contributed by atoms with E-state index >= 15 is 0 Å². The fourth-order valence-corrected chi connectivity index (χ4v) is 2.13. The van der Waals surface area contributed by atoms with Gasteiger partial charge in [0.1, 0.15) is 4.33 Å². The monoisotopic (exact) mass is 258 g/mol. The fourth-order valence-electron chi connectivity index (χ4n) is 1.57. The molecule has 86 valence electrons. The van der Waals surface area contributed by atoms with Crippen molar-refractivity contribution in [2.75, 3.05) is 12.4 Å². The Bertz CT molecular complexity index is 403.